The summed E-state index contributed by atoms with van der Waals surface area (Å²) in [5, 5.41) is 9.94. The molecule has 0 amide bonds. The SMILES string of the molecule is CCCCCC(CCC)c1c(C(=O)O)c(=O)c2cc(F)cc(C)c2n1[C@@H]1C[C@@H]1F. The number of hydrogen-bond acceptors (Lipinski definition) is 2. The van der Waals surface area contributed by atoms with Crippen LogP contribution >= 0.6 is 0 Å². The van der Waals surface area contributed by atoms with Gasteiger partial charge in [-0.25, -0.2) is 13.6 Å². The van der Waals surface area contributed by atoms with Crippen LogP contribution in [0.25, 0.3) is 10.9 Å². The second-order valence-electron chi connectivity index (χ2n) is 8.18. The van der Waals surface area contributed by atoms with Crippen LogP contribution < -0.4 is 5.43 Å². The maximum atomic E-state index is 14.2. The third-order valence-corrected chi connectivity index (χ3v) is 5.90. The number of fused-ring (bicyclic) bond motifs is 1. The molecule has 1 heterocycles. The largest absolute Gasteiger partial charge is 0.477 e. The van der Waals surface area contributed by atoms with Gasteiger partial charge in [-0.05, 0) is 37.5 Å². The van der Waals surface area contributed by atoms with E-state index in [9.17, 15) is 23.5 Å². The highest BCUT2D eigenvalue weighted by Crippen LogP contribution is 2.45. The standard InChI is InChI=1S/C23H29F2NO3/c1-4-6-7-9-14(8-5-2)21-19(23(28)29)22(27)16-11-15(24)10-13(3)20(16)26(21)18-12-17(18)25/h10-11,14,17-18H,4-9,12H2,1-3H3,(H,28,29)/t14?,17-,18+/m0/s1. The lowest BCUT2D eigenvalue weighted by atomic mass is 9.88. The minimum Gasteiger partial charge on any atom is -0.477 e. The molecule has 1 aromatic heterocycles. The van der Waals surface area contributed by atoms with Crippen molar-refractivity contribution >= 4 is 16.9 Å². The molecule has 158 valence electrons. The van der Waals surface area contributed by atoms with Gasteiger partial charge in [0.25, 0.3) is 0 Å². The van der Waals surface area contributed by atoms with Crippen LogP contribution in [0.4, 0.5) is 8.78 Å². The monoisotopic (exact) mass is 405 g/mol. The van der Waals surface area contributed by atoms with Crippen LogP contribution in [0.15, 0.2) is 16.9 Å². The average Bonchev–Trinajstić information content (AvgIpc) is 3.37. The van der Waals surface area contributed by atoms with Crippen molar-refractivity contribution in [2.75, 3.05) is 0 Å². The van der Waals surface area contributed by atoms with E-state index in [1.54, 1.807) is 11.5 Å². The van der Waals surface area contributed by atoms with Crippen LogP contribution in [0.3, 0.4) is 0 Å². The van der Waals surface area contributed by atoms with Crippen LogP contribution in [-0.4, -0.2) is 21.8 Å². The zero-order chi connectivity index (χ0) is 21.3. The van der Waals surface area contributed by atoms with Crippen molar-refractivity contribution < 1.29 is 18.7 Å². The van der Waals surface area contributed by atoms with Crippen LogP contribution in [0.1, 0.15) is 92.4 Å². The molecule has 0 aliphatic heterocycles. The minimum atomic E-state index is -1.32. The molecule has 1 aliphatic rings. The van der Waals surface area contributed by atoms with Gasteiger partial charge in [0.1, 0.15) is 17.6 Å². The molecule has 1 fully saturated rings. The predicted octanol–water partition coefficient (Wildman–Crippen LogP) is 5.89. The fourth-order valence-corrected chi connectivity index (χ4v) is 4.50. The number of alkyl halides is 1. The number of halogens is 2. The van der Waals surface area contributed by atoms with E-state index >= 15 is 0 Å². The molecule has 0 radical (unpaired) electrons. The number of aromatic carboxylic acids is 1. The molecule has 6 heteroatoms. The Morgan fingerprint density at radius 3 is 2.48 bits per heavy atom. The smallest absolute Gasteiger partial charge is 0.341 e. The van der Waals surface area contributed by atoms with E-state index in [0.29, 0.717) is 16.8 Å². The van der Waals surface area contributed by atoms with Gasteiger partial charge in [0.05, 0.1) is 11.6 Å². The Morgan fingerprint density at radius 2 is 1.93 bits per heavy atom. The van der Waals surface area contributed by atoms with Gasteiger partial charge in [-0.1, -0.05) is 39.5 Å². The van der Waals surface area contributed by atoms with Gasteiger partial charge < -0.3 is 9.67 Å². The molecule has 29 heavy (non-hydrogen) atoms. The van der Waals surface area contributed by atoms with Gasteiger partial charge >= 0.3 is 5.97 Å². The van der Waals surface area contributed by atoms with Crippen molar-refractivity contribution in [1.82, 2.24) is 4.57 Å². The summed E-state index contributed by atoms with van der Waals surface area (Å²) in [5.41, 5.74) is 0.426. The summed E-state index contributed by atoms with van der Waals surface area (Å²) in [4.78, 5) is 25.3. The fraction of sp³-hybridized carbons (Fsp3) is 0.565. The molecule has 4 nitrogen and oxygen atoms in total. The van der Waals surface area contributed by atoms with E-state index in [1.165, 1.54) is 6.07 Å². The number of pyridine rings is 1. The van der Waals surface area contributed by atoms with Gasteiger partial charge in [-0.2, -0.15) is 0 Å². The summed E-state index contributed by atoms with van der Waals surface area (Å²) in [5.74, 6) is -2.06. The number of carboxylic acids is 1. The highest BCUT2D eigenvalue weighted by Gasteiger charge is 2.43. The predicted molar refractivity (Wildman–Crippen MR) is 110 cm³/mol. The molecule has 1 N–H and O–H groups in total. The number of carboxylic acid groups (broad SMARTS) is 1. The first-order valence-electron chi connectivity index (χ1n) is 10.6. The number of benzene rings is 1. The quantitative estimate of drug-likeness (QED) is 0.529. The Kier molecular flexibility index (Phi) is 6.39. The van der Waals surface area contributed by atoms with Crippen LogP contribution in [-0.2, 0) is 0 Å². The van der Waals surface area contributed by atoms with Gasteiger partial charge in [0.2, 0.25) is 5.43 Å². The Labute approximate surface area is 169 Å². The minimum absolute atomic E-state index is 0.0200. The normalized spacial score (nSPS) is 19.5. The summed E-state index contributed by atoms with van der Waals surface area (Å²) in [6.07, 6.45) is 4.46. The fourth-order valence-electron chi connectivity index (χ4n) is 4.50. The lowest BCUT2D eigenvalue weighted by Gasteiger charge is -2.26. The molecule has 0 saturated heterocycles. The number of unbranched alkanes of at least 4 members (excludes halogenated alkanes) is 2. The zero-order valence-corrected chi connectivity index (χ0v) is 17.3. The lowest BCUT2D eigenvalue weighted by molar-refractivity contribution is 0.0692. The molecule has 3 rings (SSSR count). The van der Waals surface area contributed by atoms with Crippen LogP contribution in [0, 0.1) is 12.7 Å². The molecule has 0 spiro atoms. The Hall–Kier alpha value is -2.24. The van der Waals surface area contributed by atoms with E-state index < -0.39 is 29.4 Å². The number of carbonyl (C=O) groups is 1. The van der Waals surface area contributed by atoms with E-state index in [0.717, 1.165) is 44.6 Å². The molecule has 1 saturated carbocycles. The van der Waals surface area contributed by atoms with Crippen molar-refractivity contribution in [1.29, 1.82) is 0 Å². The highest BCUT2D eigenvalue weighted by atomic mass is 19.1. The van der Waals surface area contributed by atoms with Crippen molar-refractivity contribution in [2.45, 2.75) is 83.8 Å². The maximum absolute atomic E-state index is 14.2. The third kappa shape index (κ3) is 4.07. The molecular formula is C23H29F2NO3. The second kappa shape index (κ2) is 8.64. The third-order valence-electron chi connectivity index (χ3n) is 5.90. The summed E-state index contributed by atoms with van der Waals surface area (Å²) in [6, 6.07) is 1.91. The first-order valence-corrected chi connectivity index (χ1v) is 10.6. The Bertz CT molecular complexity index is 982. The first-order chi connectivity index (χ1) is 13.8. The van der Waals surface area contributed by atoms with E-state index in [1.807, 2.05) is 6.92 Å². The second-order valence-corrected chi connectivity index (χ2v) is 8.18. The lowest BCUT2D eigenvalue weighted by Crippen LogP contribution is -2.27. The Balaban J connectivity index is 2.38. The number of hydrogen-bond donors (Lipinski definition) is 1. The summed E-state index contributed by atoms with van der Waals surface area (Å²) in [6.45, 7) is 5.80. The van der Waals surface area contributed by atoms with Crippen molar-refractivity contribution in [3.8, 4) is 0 Å². The molecule has 3 atom stereocenters. The van der Waals surface area contributed by atoms with Crippen LogP contribution in [0.2, 0.25) is 0 Å². The van der Waals surface area contributed by atoms with Gasteiger partial charge in [0.15, 0.2) is 0 Å². The molecule has 1 unspecified atom stereocenters. The van der Waals surface area contributed by atoms with Crippen molar-refractivity contribution in [3.63, 3.8) is 0 Å². The number of aromatic nitrogens is 1. The summed E-state index contributed by atoms with van der Waals surface area (Å²) >= 11 is 0. The number of aryl methyl sites for hydroxylation is 1. The van der Waals surface area contributed by atoms with Gasteiger partial charge in [-0.3, -0.25) is 4.79 Å². The topological polar surface area (TPSA) is 59.3 Å². The van der Waals surface area contributed by atoms with Crippen LogP contribution in [0.5, 0.6) is 0 Å². The van der Waals surface area contributed by atoms with E-state index in [-0.39, 0.29) is 23.3 Å². The molecule has 1 aliphatic carbocycles. The van der Waals surface area contributed by atoms with Crippen molar-refractivity contribution in [3.05, 3.63) is 45.0 Å². The first kappa shape index (κ1) is 21.5. The van der Waals surface area contributed by atoms with E-state index in [4.69, 9.17) is 0 Å². The number of nitrogens with zero attached hydrogens (tertiary/aromatic N) is 1. The zero-order valence-electron chi connectivity index (χ0n) is 17.3. The highest BCUT2D eigenvalue weighted by molar-refractivity contribution is 5.95. The van der Waals surface area contributed by atoms with Gasteiger partial charge in [0, 0.05) is 23.4 Å². The number of rotatable bonds is 9. The maximum Gasteiger partial charge on any atom is 0.341 e. The summed E-state index contributed by atoms with van der Waals surface area (Å²) < 4.78 is 30.0. The molecule has 1 aromatic carbocycles. The molecular weight excluding hydrogens is 376 g/mol. The van der Waals surface area contributed by atoms with Gasteiger partial charge in [-0.15, -0.1) is 0 Å². The van der Waals surface area contributed by atoms with Crippen molar-refractivity contribution in [2.24, 2.45) is 0 Å². The summed E-state index contributed by atoms with van der Waals surface area (Å²) in [7, 11) is 0. The molecule has 0 bridgehead atoms. The van der Waals surface area contributed by atoms with E-state index in [2.05, 4.69) is 6.92 Å². The Morgan fingerprint density at radius 1 is 1.24 bits per heavy atom. The molecule has 2 aromatic rings. The average molecular weight is 405 g/mol.